The van der Waals surface area contributed by atoms with Gasteiger partial charge >= 0.3 is 21.7 Å². The van der Waals surface area contributed by atoms with Gasteiger partial charge in [-0.3, -0.25) is 0 Å². The third-order valence-corrected chi connectivity index (χ3v) is 2.80. The Kier molecular flexibility index (Phi) is 36.9. The van der Waals surface area contributed by atoms with Crippen LogP contribution in [0.1, 0.15) is 38.5 Å². The Labute approximate surface area is 152 Å². The van der Waals surface area contributed by atoms with Crippen LogP contribution in [0, 0.1) is 0 Å². The Morgan fingerprint density at radius 1 is 0.526 bits per heavy atom. The van der Waals surface area contributed by atoms with Gasteiger partial charge in [-0.15, -0.1) is 13.1 Å². The Bertz CT molecular complexity index is 86.8. The summed E-state index contributed by atoms with van der Waals surface area (Å²) in [4.78, 5) is 0. The minimum atomic E-state index is 0. The van der Waals surface area contributed by atoms with Crippen molar-refractivity contribution in [2.24, 2.45) is 0 Å². The Hall–Kier alpha value is 1.46. The van der Waals surface area contributed by atoms with Gasteiger partial charge in [0.05, 0.1) is 0 Å². The third-order valence-electron chi connectivity index (χ3n) is 2.80. The molecule has 0 saturated carbocycles. The summed E-state index contributed by atoms with van der Waals surface area (Å²) in [6, 6.07) is 0. The van der Waals surface area contributed by atoms with Crippen molar-refractivity contribution in [3.05, 3.63) is 5.32 Å². The van der Waals surface area contributed by atoms with E-state index in [2.05, 4.69) is 16.0 Å². The van der Waals surface area contributed by atoms with Gasteiger partial charge in [-0.2, -0.15) is 0 Å². The van der Waals surface area contributed by atoms with Crippen molar-refractivity contribution < 1.29 is 58.9 Å². The second-order valence-electron chi connectivity index (χ2n) is 4.29. The number of nitrogens with one attached hydrogen (secondary N) is 2. The van der Waals surface area contributed by atoms with Crippen LogP contribution < -0.4 is 47.9 Å². The maximum atomic E-state index is 4.53. The van der Waals surface area contributed by atoms with Crippen molar-refractivity contribution in [2.75, 3.05) is 39.3 Å². The van der Waals surface area contributed by atoms with Crippen LogP contribution in [0.15, 0.2) is 0 Å². The molecule has 1 aliphatic heterocycles. The molecule has 2 N–H and O–H groups in total. The van der Waals surface area contributed by atoms with Crippen molar-refractivity contribution in [3.63, 3.8) is 0 Å². The number of rotatable bonds is 0. The van der Waals surface area contributed by atoms with Gasteiger partial charge in [0.1, 0.15) is 0 Å². The van der Waals surface area contributed by atoms with Crippen LogP contribution in [0.4, 0.5) is 0 Å². The molecule has 1 rings (SSSR count). The van der Waals surface area contributed by atoms with E-state index < -0.39 is 0 Å². The number of hydrogen-bond donors (Lipinski definition) is 2. The molecule has 0 atom stereocenters. The molecule has 19 heavy (non-hydrogen) atoms. The van der Waals surface area contributed by atoms with Gasteiger partial charge in [-0.1, -0.05) is 12.8 Å². The SMILES string of the molecule is C1CCNCCCCNCCCC[N-]C1.[Cl-].[Cl-].[Cl-].[Ti+4]. The molecule has 0 aromatic heterocycles. The van der Waals surface area contributed by atoms with E-state index in [4.69, 9.17) is 0 Å². The Morgan fingerprint density at radius 3 is 1.21 bits per heavy atom. The Morgan fingerprint density at radius 2 is 0.842 bits per heavy atom. The van der Waals surface area contributed by atoms with E-state index in [1.54, 1.807) is 0 Å². The smallest absolute Gasteiger partial charge is 1.00 e. The maximum absolute atomic E-state index is 4.53. The van der Waals surface area contributed by atoms with Crippen molar-refractivity contribution in [1.82, 2.24) is 10.6 Å². The summed E-state index contributed by atoms with van der Waals surface area (Å²) in [6.45, 7) is 6.83. The van der Waals surface area contributed by atoms with Crippen molar-refractivity contribution in [2.45, 2.75) is 38.5 Å². The quantitative estimate of drug-likeness (QED) is 0.418. The number of hydrogen-bond acceptors (Lipinski definition) is 2. The first kappa shape index (κ1) is 28.6. The van der Waals surface area contributed by atoms with Crippen LogP contribution in [-0.4, -0.2) is 39.3 Å². The van der Waals surface area contributed by atoms with Gasteiger partial charge in [0.2, 0.25) is 0 Å². The summed E-state index contributed by atoms with van der Waals surface area (Å²) < 4.78 is 0. The number of halogens is 3. The van der Waals surface area contributed by atoms with E-state index in [0.717, 1.165) is 13.1 Å². The molecule has 1 heterocycles. The molecule has 1 saturated heterocycles. The van der Waals surface area contributed by atoms with E-state index >= 15 is 0 Å². The average Bonchev–Trinajstić information content (AvgIpc) is 2.27. The fourth-order valence-electron chi connectivity index (χ4n) is 1.81. The minimum Gasteiger partial charge on any atom is -1.00 e. The standard InChI is InChI=1S/C12H26N3.3ClH.Ti/c1-2-8-14-10-5-6-12-15-11-4-3-9-13-7-1;;;;/h13-14H,1-12H2;3*1H;/q-1;;;;+4/p-3. The summed E-state index contributed by atoms with van der Waals surface area (Å²) in [5.74, 6) is 0. The van der Waals surface area contributed by atoms with E-state index in [1.165, 1.54) is 64.7 Å². The first-order valence-corrected chi connectivity index (χ1v) is 6.55. The molecule has 0 aromatic carbocycles. The van der Waals surface area contributed by atoms with E-state index in [0.29, 0.717) is 0 Å². The summed E-state index contributed by atoms with van der Waals surface area (Å²) in [7, 11) is 0. The second-order valence-corrected chi connectivity index (χ2v) is 4.29. The van der Waals surface area contributed by atoms with Crippen molar-refractivity contribution in [1.29, 1.82) is 0 Å². The van der Waals surface area contributed by atoms with Gasteiger partial charge in [0, 0.05) is 0 Å². The molecule has 0 spiro atoms. The zero-order valence-corrected chi connectivity index (χ0v) is 15.4. The molecule has 0 bridgehead atoms. The molecule has 7 heteroatoms. The molecular formula is C12H26Cl3N3Ti. The third kappa shape index (κ3) is 21.9. The van der Waals surface area contributed by atoms with Crippen LogP contribution in [0.25, 0.3) is 5.32 Å². The maximum Gasteiger partial charge on any atom is 4.00 e. The topological polar surface area (TPSA) is 38.2 Å². The summed E-state index contributed by atoms with van der Waals surface area (Å²) in [6.07, 6.45) is 7.68. The number of nitrogens with zero attached hydrogens (tertiary/aromatic N) is 1. The molecular weight excluding hydrogens is 340 g/mol. The monoisotopic (exact) mass is 365 g/mol. The predicted molar refractivity (Wildman–Crippen MR) is 66.5 cm³/mol. The van der Waals surface area contributed by atoms with Crippen LogP contribution in [0.3, 0.4) is 0 Å². The largest absolute Gasteiger partial charge is 4.00 e. The summed E-state index contributed by atoms with van der Waals surface area (Å²) >= 11 is 0. The van der Waals surface area contributed by atoms with Gasteiger partial charge < -0.3 is 53.2 Å². The predicted octanol–water partition coefficient (Wildman–Crippen LogP) is -7.10. The first-order valence-electron chi connectivity index (χ1n) is 6.55. The van der Waals surface area contributed by atoms with Gasteiger partial charge in [-0.05, 0) is 51.9 Å². The molecule has 0 aromatic rings. The molecule has 1 aliphatic rings. The van der Waals surface area contributed by atoms with Crippen molar-refractivity contribution >= 4 is 0 Å². The zero-order valence-electron chi connectivity index (χ0n) is 11.6. The minimum absolute atomic E-state index is 0. The molecule has 3 nitrogen and oxygen atoms in total. The van der Waals surface area contributed by atoms with E-state index in [1.807, 2.05) is 0 Å². The summed E-state index contributed by atoms with van der Waals surface area (Å²) in [5, 5.41) is 11.5. The van der Waals surface area contributed by atoms with Crippen LogP contribution in [0.5, 0.6) is 0 Å². The van der Waals surface area contributed by atoms with E-state index in [9.17, 15) is 0 Å². The van der Waals surface area contributed by atoms with Gasteiger partial charge in [-0.25, -0.2) is 0 Å². The average molecular weight is 367 g/mol. The van der Waals surface area contributed by atoms with Gasteiger partial charge in [0.25, 0.3) is 0 Å². The molecule has 0 amide bonds. The zero-order chi connectivity index (χ0) is 10.6. The fraction of sp³-hybridized carbons (Fsp3) is 1.00. The van der Waals surface area contributed by atoms with Crippen LogP contribution >= 0.6 is 0 Å². The molecule has 1 fully saturated rings. The molecule has 0 aliphatic carbocycles. The van der Waals surface area contributed by atoms with Gasteiger partial charge in [0.15, 0.2) is 0 Å². The molecule has 0 unspecified atom stereocenters. The fourth-order valence-corrected chi connectivity index (χ4v) is 1.81. The molecule has 114 valence electrons. The van der Waals surface area contributed by atoms with Crippen molar-refractivity contribution in [3.8, 4) is 0 Å². The Balaban J connectivity index is -0.000000281. The van der Waals surface area contributed by atoms with E-state index in [-0.39, 0.29) is 58.9 Å². The molecule has 0 radical (unpaired) electrons. The van der Waals surface area contributed by atoms with Crippen LogP contribution in [0.2, 0.25) is 0 Å². The summed E-state index contributed by atoms with van der Waals surface area (Å²) in [5.41, 5.74) is 0. The first-order chi connectivity index (χ1) is 7.50. The second kappa shape index (κ2) is 24.5. The normalized spacial score (nSPS) is 18.9. The van der Waals surface area contributed by atoms with Crippen LogP contribution in [-0.2, 0) is 21.7 Å².